The van der Waals surface area contributed by atoms with Crippen LogP contribution >= 0.6 is 23.1 Å². The quantitative estimate of drug-likeness (QED) is 0.353. The van der Waals surface area contributed by atoms with Crippen LogP contribution in [0, 0.1) is 6.92 Å². The standard InChI is InChI=1S/C23H28N2O4S2/c1-4-29-23(28)21-18-11-12-25(16(3)26)14-19(18)31-22(21)24-20(27)6-5-13-30-17-9-7-15(2)8-10-17/h7-10H,4-6,11-14H2,1-3H3,(H,24,27). The molecule has 1 N–H and O–H groups in total. The maximum atomic E-state index is 12.6. The van der Waals surface area contributed by atoms with Gasteiger partial charge < -0.3 is 15.0 Å². The molecule has 8 heteroatoms. The van der Waals surface area contributed by atoms with Gasteiger partial charge in [-0.15, -0.1) is 23.1 Å². The zero-order valence-corrected chi connectivity index (χ0v) is 19.8. The van der Waals surface area contributed by atoms with E-state index < -0.39 is 5.97 Å². The highest BCUT2D eigenvalue weighted by atomic mass is 32.2. The molecule has 1 aromatic carbocycles. The lowest BCUT2D eigenvalue weighted by molar-refractivity contribution is -0.129. The van der Waals surface area contributed by atoms with Crippen molar-refractivity contribution >= 4 is 45.9 Å². The number of aryl methyl sites for hydroxylation is 1. The predicted molar refractivity (Wildman–Crippen MR) is 125 cm³/mol. The molecule has 0 saturated carbocycles. The van der Waals surface area contributed by atoms with E-state index in [1.165, 1.54) is 21.8 Å². The summed E-state index contributed by atoms with van der Waals surface area (Å²) < 4.78 is 5.24. The molecule has 31 heavy (non-hydrogen) atoms. The van der Waals surface area contributed by atoms with Crippen molar-refractivity contribution in [1.29, 1.82) is 0 Å². The maximum Gasteiger partial charge on any atom is 0.341 e. The summed E-state index contributed by atoms with van der Waals surface area (Å²) in [5.41, 5.74) is 2.57. The Morgan fingerprint density at radius 3 is 2.65 bits per heavy atom. The van der Waals surface area contributed by atoms with Crippen LogP contribution in [0.25, 0.3) is 0 Å². The van der Waals surface area contributed by atoms with Gasteiger partial charge in [-0.05, 0) is 50.1 Å². The summed E-state index contributed by atoms with van der Waals surface area (Å²) in [6, 6.07) is 8.34. The number of hydrogen-bond donors (Lipinski definition) is 1. The number of amides is 2. The Morgan fingerprint density at radius 2 is 1.97 bits per heavy atom. The van der Waals surface area contributed by atoms with E-state index in [9.17, 15) is 14.4 Å². The van der Waals surface area contributed by atoms with E-state index in [0.717, 1.165) is 22.6 Å². The number of nitrogens with zero attached hydrogens (tertiary/aromatic N) is 1. The molecule has 0 aliphatic carbocycles. The molecule has 1 aliphatic rings. The third kappa shape index (κ3) is 6.11. The normalized spacial score (nSPS) is 12.9. The molecule has 0 bridgehead atoms. The average molecular weight is 461 g/mol. The van der Waals surface area contributed by atoms with Crippen molar-refractivity contribution in [1.82, 2.24) is 4.90 Å². The van der Waals surface area contributed by atoms with E-state index in [4.69, 9.17) is 4.74 Å². The summed E-state index contributed by atoms with van der Waals surface area (Å²) in [4.78, 5) is 40.8. The Bertz CT molecular complexity index is 953. The van der Waals surface area contributed by atoms with Gasteiger partial charge in [0, 0.05) is 29.7 Å². The molecule has 6 nitrogen and oxygen atoms in total. The highest BCUT2D eigenvalue weighted by Crippen LogP contribution is 2.38. The predicted octanol–water partition coefficient (Wildman–Crippen LogP) is 4.65. The first-order valence-electron chi connectivity index (χ1n) is 10.5. The smallest absolute Gasteiger partial charge is 0.341 e. The second-order valence-corrected chi connectivity index (χ2v) is 9.71. The van der Waals surface area contributed by atoms with Crippen molar-refractivity contribution in [3.05, 3.63) is 45.8 Å². The first kappa shape index (κ1) is 23.3. The SMILES string of the molecule is CCOC(=O)c1c(NC(=O)CCCSc2ccc(C)cc2)sc2c1CCN(C(C)=O)C2. The lowest BCUT2D eigenvalue weighted by atomic mass is 10.0. The molecule has 2 amide bonds. The van der Waals surface area contributed by atoms with E-state index in [0.29, 0.717) is 36.5 Å². The third-order valence-corrected chi connectivity index (χ3v) is 7.30. The zero-order chi connectivity index (χ0) is 22.4. The molecule has 3 rings (SSSR count). The van der Waals surface area contributed by atoms with Gasteiger partial charge in [-0.1, -0.05) is 17.7 Å². The van der Waals surface area contributed by atoms with Gasteiger partial charge in [0.25, 0.3) is 0 Å². The van der Waals surface area contributed by atoms with Crippen LogP contribution in [0.15, 0.2) is 29.2 Å². The topological polar surface area (TPSA) is 75.7 Å². The van der Waals surface area contributed by atoms with Crippen LogP contribution in [0.4, 0.5) is 5.00 Å². The Kier molecular flexibility index (Phi) is 8.15. The molecule has 0 fully saturated rings. The Hall–Kier alpha value is -2.32. The van der Waals surface area contributed by atoms with Gasteiger partial charge in [-0.2, -0.15) is 0 Å². The third-order valence-electron chi connectivity index (χ3n) is 5.07. The largest absolute Gasteiger partial charge is 0.462 e. The van der Waals surface area contributed by atoms with E-state index >= 15 is 0 Å². The second kappa shape index (κ2) is 10.8. The highest BCUT2D eigenvalue weighted by Gasteiger charge is 2.30. The Balaban J connectivity index is 1.62. The van der Waals surface area contributed by atoms with Gasteiger partial charge in [0.2, 0.25) is 11.8 Å². The molecule has 0 atom stereocenters. The lowest BCUT2D eigenvalue weighted by Crippen LogP contribution is -2.34. The Morgan fingerprint density at radius 1 is 1.23 bits per heavy atom. The van der Waals surface area contributed by atoms with Crippen LogP contribution < -0.4 is 5.32 Å². The number of hydrogen-bond acceptors (Lipinski definition) is 6. The molecule has 2 heterocycles. The van der Waals surface area contributed by atoms with Gasteiger partial charge in [0.05, 0.1) is 18.7 Å². The number of fused-ring (bicyclic) bond motifs is 1. The molecule has 1 aromatic heterocycles. The van der Waals surface area contributed by atoms with Gasteiger partial charge in [-0.25, -0.2) is 4.79 Å². The van der Waals surface area contributed by atoms with Crippen LogP contribution in [-0.4, -0.2) is 41.6 Å². The molecule has 166 valence electrons. The molecular weight excluding hydrogens is 432 g/mol. The molecule has 1 aliphatic heterocycles. The number of ether oxygens (including phenoxy) is 1. The van der Waals surface area contributed by atoms with Crippen molar-refractivity contribution in [3.8, 4) is 0 Å². The molecule has 0 radical (unpaired) electrons. The van der Waals surface area contributed by atoms with Crippen LogP contribution in [-0.2, 0) is 27.3 Å². The minimum atomic E-state index is -0.415. The molecular formula is C23H28N2O4S2. The van der Waals surface area contributed by atoms with Crippen LogP contribution in [0.3, 0.4) is 0 Å². The number of benzene rings is 1. The lowest BCUT2D eigenvalue weighted by Gasteiger charge is -2.25. The molecule has 0 spiro atoms. The fourth-order valence-electron chi connectivity index (χ4n) is 3.43. The number of nitrogens with one attached hydrogen (secondary N) is 1. The van der Waals surface area contributed by atoms with Gasteiger partial charge in [0.1, 0.15) is 5.00 Å². The van der Waals surface area contributed by atoms with E-state index in [1.54, 1.807) is 30.5 Å². The van der Waals surface area contributed by atoms with E-state index in [1.807, 2.05) is 0 Å². The first-order chi connectivity index (χ1) is 14.9. The number of carbonyl (C=O) groups is 3. The molecule has 2 aromatic rings. The van der Waals surface area contributed by atoms with E-state index in [-0.39, 0.29) is 18.4 Å². The number of anilines is 1. The molecule has 0 saturated heterocycles. The summed E-state index contributed by atoms with van der Waals surface area (Å²) in [6.07, 6.45) is 1.70. The monoisotopic (exact) mass is 460 g/mol. The van der Waals surface area contributed by atoms with Gasteiger partial charge >= 0.3 is 5.97 Å². The number of carbonyl (C=O) groups excluding carboxylic acids is 3. The van der Waals surface area contributed by atoms with Crippen LogP contribution in [0.2, 0.25) is 0 Å². The average Bonchev–Trinajstić information content (AvgIpc) is 3.09. The number of esters is 1. The zero-order valence-electron chi connectivity index (χ0n) is 18.2. The van der Waals surface area contributed by atoms with Crippen LogP contribution in [0.1, 0.15) is 53.1 Å². The van der Waals surface area contributed by atoms with Crippen molar-refractivity contribution in [2.75, 3.05) is 24.2 Å². The number of thiophene rings is 1. The fourth-order valence-corrected chi connectivity index (χ4v) is 5.55. The number of thioether (sulfide) groups is 1. The summed E-state index contributed by atoms with van der Waals surface area (Å²) >= 11 is 3.10. The van der Waals surface area contributed by atoms with Crippen molar-refractivity contribution in [2.45, 2.75) is 51.5 Å². The summed E-state index contributed by atoms with van der Waals surface area (Å²) in [6.45, 7) is 6.66. The van der Waals surface area contributed by atoms with Crippen molar-refractivity contribution in [2.24, 2.45) is 0 Å². The minimum Gasteiger partial charge on any atom is -0.462 e. The van der Waals surface area contributed by atoms with Crippen molar-refractivity contribution in [3.63, 3.8) is 0 Å². The second-order valence-electron chi connectivity index (χ2n) is 7.43. The van der Waals surface area contributed by atoms with Gasteiger partial charge in [-0.3, -0.25) is 9.59 Å². The summed E-state index contributed by atoms with van der Waals surface area (Å²) in [7, 11) is 0. The number of rotatable bonds is 8. The summed E-state index contributed by atoms with van der Waals surface area (Å²) in [5.74, 6) is 0.322. The Labute approximate surface area is 191 Å². The maximum absolute atomic E-state index is 12.6. The molecule has 0 unspecified atom stereocenters. The first-order valence-corrected chi connectivity index (χ1v) is 12.3. The van der Waals surface area contributed by atoms with E-state index in [2.05, 4.69) is 36.5 Å². The fraction of sp³-hybridized carbons (Fsp3) is 0.435. The summed E-state index contributed by atoms with van der Waals surface area (Å²) in [5, 5.41) is 3.46. The minimum absolute atomic E-state index is 0.00777. The van der Waals surface area contributed by atoms with Crippen LogP contribution in [0.5, 0.6) is 0 Å². The van der Waals surface area contributed by atoms with Crippen molar-refractivity contribution < 1.29 is 19.1 Å². The highest BCUT2D eigenvalue weighted by molar-refractivity contribution is 7.99. The van der Waals surface area contributed by atoms with Gasteiger partial charge in [0.15, 0.2) is 0 Å².